The molecule has 0 N–H and O–H groups in total. The lowest BCUT2D eigenvalue weighted by Crippen LogP contribution is -2.29. The first-order valence-electron chi connectivity index (χ1n) is 20.1. The molecule has 1 aliphatic carbocycles. The van der Waals surface area contributed by atoms with Crippen LogP contribution in [-0.4, -0.2) is 11.7 Å². The highest BCUT2D eigenvalue weighted by molar-refractivity contribution is 4.96. The van der Waals surface area contributed by atoms with Crippen LogP contribution < -0.4 is 0 Å². The first-order chi connectivity index (χ1) is 21.8. The van der Waals surface area contributed by atoms with Gasteiger partial charge >= 0.3 is 0 Å². The fourth-order valence-electron chi connectivity index (χ4n) is 7.55. The van der Waals surface area contributed by atoms with E-state index in [1.54, 1.807) is 0 Å². The van der Waals surface area contributed by atoms with Crippen LogP contribution in [0.25, 0.3) is 0 Å². The summed E-state index contributed by atoms with van der Waals surface area (Å²) < 4.78 is 6.97. The van der Waals surface area contributed by atoms with Gasteiger partial charge in [0.05, 0.1) is 11.7 Å². The maximum Gasteiger partial charge on any atom is 0.0690 e. The Bertz CT molecular complexity index is 728. The molecule has 1 saturated carbocycles. The molecule has 1 aliphatic heterocycles. The second kappa shape index (κ2) is 28.2. The van der Waals surface area contributed by atoms with E-state index >= 15 is 0 Å². The fraction of sp³-hybridized carbons (Fsp3) is 0.814. The summed E-state index contributed by atoms with van der Waals surface area (Å²) >= 11 is 0. The van der Waals surface area contributed by atoms with E-state index < -0.39 is 0 Å². The van der Waals surface area contributed by atoms with E-state index in [0.29, 0.717) is 6.10 Å². The van der Waals surface area contributed by atoms with Crippen molar-refractivity contribution in [2.24, 2.45) is 5.92 Å². The minimum atomic E-state index is 0.224. The van der Waals surface area contributed by atoms with Crippen molar-refractivity contribution in [3.05, 3.63) is 48.6 Å². The Balaban J connectivity index is 1.51. The highest BCUT2D eigenvalue weighted by atomic mass is 16.5. The second-order valence-electron chi connectivity index (χ2n) is 14.4. The molecule has 3 unspecified atom stereocenters. The zero-order chi connectivity index (χ0) is 31.2. The topological polar surface area (TPSA) is 9.23 Å². The average Bonchev–Trinajstić information content (AvgIpc) is 3.41. The Morgan fingerprint density at radius 2 is 0.886 bits per heavy atom. The highest BCUT2D eigenvalue weighted by Gasteiger charge is 2.45. The summed E-state index contributed by atoms with van der Waals surface area (Å²) in [5, 5.41) is 0. The van der Waals surface area contributed by atoms with Crippen LogP contribution in [-0.2, 0) is 4.74 Å². The number of rotatable bonds is 29. The van der Waals surface area contributed by atoms with Crippen molar-refractivity contribution in [1.29, 1.82) is 0 Å². The molecule has 1 saturated heterocycles. The van der Waals surface area contributed by atoms with Gasteiger partial charge in [-0.15, -0.1) is 0 Å². The van der Waals surface area contributed by atoms with Crippen LogP contribution in [0.3, 0.4) is 0 Å². The number of hydrogen-bond acceptors (Lipinski definition) is 1. The Morgan fingerprint density at radius 1 is 0.477 bits per heavy atom. The quantitative estimate of drug-likeness (QED) is 0.0606. The van der Waals surface area contributed by atoms with E-state index in [1.807, 2.05) is 0 Å². The molecule has 1 heterocycles. The van der Waals surface area contributed by atoms with Crippen LogP contribution in [0.2, 0.25) is 0 Å². The molecular formula is C43H76O. The van der Waals surface area contributed by atoms with Gasteiger partial charge in [-0.2, -0.15) is 0 Å². The number of fused-ring (bicyclic) bond motifs is 1. The number of ether oxygens (including phenoxy) is 1. The van der Waals surface area contributed by atoms with E-state index in [1.165, 1.54) is 180 Å². The monoisotopic (exact) mass is 609 g/mol. The van der Waals surface area contributed by atoms with Crippen molar-refractivity contribution < 1.29 is 4.74 Å². The molecule has 1 nitrogen and oxygen atoms in total. The first-order valence-corrected chi connectivity index (χ1v) is 20.1. The van der Waals surface area contributed by atoms with Crippen molar-refractivity contribution >= 4 is 0 Å². The molecule has 0 bridgehead atoms. The van der Waals surface area contributed by atoms with Gasteiger partial charge in [-0.3, -0.25) is 0 Å². The molecule has 1 heteroatoms. The summed E-state index contributed by atoms with van der Waals surface area (Å²) in [5.74, 6) is 0.867. The molecule has 0 amide bonds. The summed E-state index contributed by atoms with van der Waals surface area (Å²) in [4.78, 5) is 0. The summed E-state index contributed by atoms with van der Waals surface area (Å²) in [7, 11) is 0. The summed E-state index contributed by atoms with van der Waals surface area (Å²) in [6, 6.07) is 0. The van der Waals surface area contributed by atoms with Crippen molar-refractivity contribution in [3.63, 3.8) is 0 Å². The van der Waals surface area contributed by atoms with Crippen molar-refractivity contribution in [1.82, 2.24) is 0 Å². The van der Waals surface area contributed by atoms with Crippen molar-refractivity contribution in [2.75, 3.05) is 0 Å². The first kappa shape index (κ1) is 39.1. The molecule has 2 aliphatic rings. The molecular weight excluding hydrogens is 532 g/mol. The lowest BCUT2D eigenvalue weighted by molar-refractivity contribution is -0.0647. The van der Waals surface area contributed by atoms with Crippen LogP contribution in [0, 0.1) is 5.92 Å². The zero-order valence-electron chi connectivity index (χ0n) is 29.9. The average molecular weight is 609 g/mol. The molecule has 0 radical (unpaired) electrons. The smallest absolute Gasteiger partial charge is 0.0690 e. The zero-order valence-corrected chi connectivity index (χ0v) is 29.9. The minimum absolute atomic E-state index is 0.224. The lowest BCUT2D eigenvalue weighted by atomic mass is 9.79. The predicted molar refractivity (Wildman–Crippen MR) is 198 cm³/mol. The molecule has 0 spiro atoms. The Kier molecular flexibility index (Phi) is 25.0. The third kappa shape index (κ3) is 20.1. The third-order valence-corrected chi connectivity index (χ3v) is 10.3. The van der Waals surface area contributed by atoms with E-state index in [2.05, 4.69) is 62.5 Å². The molecule has 2 fully saturated rings. The molecule has 0 aromatic heterocycles. The van der Waals surface area contributed by atoms with Gasteiger partial charge < -0.3 is 4.74 Å². The number of allylic oxidation sites excluding steroid dienone is 8. The molecule has 2 rings (SSSR count). The van der Waals surface area contributed by atoms with Gasteiger partial charge in [0.2, 0.25) is 0 Å². The number of hydrogen-bond donors (Lipinski definition) is 0. The van der Waals surface area contributed by atoms with Crippen LogP contribution >= 0.6 is 0 Å². The Labute approximate surface area is 276 Å². The standard InChI is InChI=1S/C43H76O/c1-3-5-7-9-11-13-15-17-19-21-23-25-27-29-31-35-39-43(40-41-36-32-33-37-42(41)44-43)38-34-30-28-26-24-22-20-18-16-14-12-10-8-6-4-2/h11-14,17-20,41-42H,3-10,15-16,21-40H2,1-2H3/b13-11-,14-12-,19-17-,20-18+. The van der Waals surface area contributed by atoms with Crippen molar-refractivity contribution in [2.45, 2.75) is 218 Å². The maximum absolute atomic E-state index is 6.97. The lowest BCUT2D eigenvalue weighted by Gasteiger charge is -2.30. The number of unbranched alkanes of at least 4 members (excludes halogenated alkanes) is 17. The summed E-state index contributed by atoms with van der Waals surface area (Å²) in [6.07, 6.45) is 59.8. The largest absolute Gasteiger partial charge is 0.371 e. The van der Waals surface area contributed by atoms with Crippen molar-refractivity contribution in [3.8, 4) is 0 Å². The summed E-state index contributed by atoms with van der Waals surface area (Å²) in [5.41, 5.74) is 0.224. The molecule has 3 atom stereocenters. The molecule has 0 aromatic carbocycles. The molecule has 44 heavy (non-hydrogen) atoms. The van der Waals surface area contributed by atoms with Gasteiger partial charge in [0.25, 0.3) is 0 Å². The minimum Gasteiger partial charge on any atom is -0.371 e. The normalized spacial score (nSPS) is 22.4. The third-order valence-electron chi connectivity index (χ3n) is 10.3. The van der Waals surface area contributed by atoms with E-state index in [9.17, 15) is 0 Å². The highest BCUT2D eigenvalue weighted by Crippen LogP contribution is 2.47. The van der Waals surface area contributed by atoms with Gasteiger partial charge in [0.1, 0.15) is 0 Å². The van der Waals surface area contributed by atoms with Crippen LogP contribution in [0.15, 0.2) is 48.6 Å². The van der Waals surface area contributed by atoms with E-state index in [4.69, 9.17) is 4.74 Å². The molecule has 254 valence electrons. The van der Waals surface area contributed by atoms with Crippen LogP contribution in [0.4, 0.5) is 0 Å². The van der Waals surface area contributed by atoms with Gasteiger partial charge in [0.15, 0.2) is 0 Å². The van der Waals surface area contributed by atoms with Gasteiger partial charge in [0, 0.05) is 0 Å². The van der Waals surface area contributed by atoms with Gasteiger partial charge in [-0.25, -0.2) is 0 Å². The van der Waals surface area contributed by atoms with E-state index in [-0.39, 0.29) is 5.60 Å². The van der Waals surface area contributed by atoms with Gasteiger partial charge in [-0.1, -0.05) is 159 Å². The van der Waals surface area contributed by atoms with Gasteiger partial charge in [-0.05, 0) is 102 Å². The summed E-state index contributed by atoms with van der Waals surface area (Å²) in [6.45, 7) is 4.55. The SMILES string of the molecule is CCCCC/C=C\C/C=C\CCCCCCCCC1(CCCCCCC/C=C/C/C=C\CCCCC)CC2CCCCC2O1. The Morgan fingerprint density at radius 3 is 1.34 bits per heavy atom. The maximum atomic E-state index is 6.97. The molecule has 0 aromatic rings. The predicted octanol–water partition coefficient (Wildman–Crippen LogP) is 14.7. The second-order valence-corrected chi connectivity index (χ2v) is 14.4. The van der Waals surface area contributed by atoms with E-state index in [0.717, 1.165) is 18.8 Å². The fourth-order valence-corrected chi connectivity index (χ4v) is 7.55. The van der Waals surface area contributed by atoms with Crippen LogP contribution in [0.1, 0.15) is 206 Å². The van der Waals surface area contributed by atoms with Crippen LogP contribution in [0.5, 0.6) is 0 Å². The Hall–Kier alpha value is -1.08.